The lowest BCUT2D eigenvalue weighted by molar-refractivity contribution is 0.815. The van der Waals surface area contributed by atoms with Crippen LogP contribution < -0.4 is 0 Å². The number of allylic oxidation sites excluding steroid dienone is 6. The molecule has 0 N–H and O–H groups in total. The summed E-state index contributed by atoms with van der Waals surface area (Å²) in [5.74, 6) is 0. The summed E-state index contributed by atoms with van der Waals surface area (Å²) in [5, 5.41) is 0.229. The minimum Gasteiger partial charge on any atom is -0.104 e. The van der Waals surface area contributed by atoms with Crippen LogP contribution >= 0.6 is 92.8 Å². The molecule has 1 atom stereocenters. The van der Waals surface area contributed by atoms with Gasteiger partial charge in [0.25, 0.3) is 0 Å². The first-order chi connectivity index (χ1) is 7.17. The van der Waals surface area contributed by atoms with Gasteiger partial charge in [-0.05, 0) is 0 Å². The zero-order chi connectivity index (χ0) is 12.5. The van der Waals surface area contributed by atoms with Crippen LogP contribution in [0.1, 0.15) is 0 Å². The second-order valence-corrected chi connectivity index (χ2v) is 6.96. The average Bonchev–Trinajstić information content (AvgIpc) is 2.47. The van der Waals surface area contributed by atoms with Crippen molar-refractivity contribution >= 4 is 92.8 Å². The first-order valence-corrected chi connectivity index (χ1v) is 6.79. The maximum atomic E-state index is 6.30. The molecule has 0 aromatic carbocycles. The van der Waals surface area contributed by atoms with E-state index in [9.17, 15) is 0 Å². The molecule has 8 heteroatoms. The number of alkyl halides is 3. The number of rotatable bonds is 0. The van der Waals surface area contributed by atoms with E-state index in [0.29, 0.717) is 0 Å². The highest BCUT2D eigenvalue weighted by atomic mass is 35.5. The van der Waals surface area contributed by atoms with Crippen LogP contribution in [0.4, 0.5) is 0 Å². The summed E-state index contributed by atoms with van der Waals surface area (Å²) in [6, 6.07) is 0. The molecular weight excluding hydrogens is 380 g/mol. The summed E-state index contributed by atoms with van der Waals surface area (Å²) >= 11 is 48.1. The zero-order valence-corrected chi connectivity index (χ0v) is 13.1. The van der Waals surface area contributed by atoms with Crippen LogP contribution in [0.15, 0.2) is 30.7 Å². The molecule has 0 aliphatic heterocycles. The molecule has 0 saturated carbocycles. The second kappa shape index (κ2) is 4.02. The topological polar surface area (TPSA) is 0 Å². The normalized spacial score (nSPS) is 33.0. The van der Waals surface area contributed by atoms with Crippen LogP contribution in [0.25, 0.3) is 0 Å². The van der Waals surface area contributed by atoms with Crippen LogP contribution in [0.3, 0.4) is 0 Å². The molecule has 2 aliphatic carbocycles. The van der Waals surface area contributed by atoms with Gasteiger partial charge < -0.3 is 0 Å². The molecule has 0 amide bonds. The maximum absolute atomic E-state index is 6.30. The third kappa shape index (κ3) is 1.39. The van der Waals surface area contributed by atoms with Crippen LogP contribution in [0.2, 0.25) is 0 Å². The van der Waals surface area contributed by atoms with E-state index < -0.39 is 9.21 Å². The van der Waals surface area contributed by atoms with Crippen LogP contribution in [0, 0.1) is 0 Å². The SMILES string of the molecule is ClC1=C(Cl)C(Cl)(Cl)C2(Cl)C(Cl)=C(Cl)C(Cl)=C12. The van der Waals surface area contributed by atoms with Gasteiger partial charge in [0, 0.05) is 5.57 Å². The Labute approximate surface area is 132 Å². The van der Waals surface area contributed by atoms with E-state index in [4.69, 9.17) is 92.8 Å². The summed E-state index contributed by atoms with van der Waals surface area (Å²) in [6.07, 6.45) is 0. The zero-order valence-electron chi connectivity index (χ0n) is 7.02. The van der Waals surface area contributed by atoms with Crippen molar-refractivity contribution < 1.29 is 0 Å². The first kappa shape index (κ1) is 14.0. The monoisotopic (exact) mass is 376 g/mol. The van der Waals surface area contributed by atoms with E-state index in [1.54, 1.807) is 0 Å². The summed E-state index contributed by atoms with van der Waals surface area (Å²) < 4.78 is -1.70. The van der Waals surface area contributed by atoms with Crippen LogP contribution in [0.5, 0.6) is 0 Å². The Morgan fingerprint density at radius 1 is 0.625 bits per heavy atom. The molecular formula is C8Cl8. The van der Waals surface area contributed by atoms with Crippen molar-refractivity contribution in [3.05, 3.63) is 30.7 Å². The summed E-state index contributed by atoms with van der Waals surface area (Å²) in [5.41, 5.74) is 0.238. The smallest absolute Gasteiger partial charge is 0.104 e. The van der Waals surface area contributed by atoms with Crippen molar-refractivity contribution in [2.75, 3.05) is 0 Å². The molecule has 0 saturated heterocycles. The first-order valence-electron chi connectivity index (χ1n) is 3.76. The highest BCUT2D eigenvalue weighted by Gasteiger charge is 2.65. The van der Waals surface area contributed by atoms with Gasteiger partial charge in [0.1, 0.15) is 4.87 Å². The number of halogens is 8. The van der Waals surface area contributed by atoms with Crippen molar-refractivity contribution in [2.45, 2.75) is 9.21 Å². The predicted octanol–water partition coefficient (Wildman–Crippen LogP) is 6.04. The van der Waals surface area contributed by atoms with Gasteiger partial charge in [-0.25, -0.2) is 0 Å². The van der Waals surface area contributed by atoms with E-state index in [-0.39, 0.29) is 30.7 Å². The summed E-state index contributed by atoms with van der Waals surface area (Å²) in [7, 11) is 0. The Balaban J connectivity index is 2.83. The fourth-order valence-corrected chi connectivity index (χ4v) is 4.50. The van der Waals surface area contributed by atoms with Crippen LogP contribution in [-0.2, 0) is 0 Å². The Hall–Kier alpha value is 1.54. The molecule has 16 heavy (non-hydrogen) atoms. The molecule has 0 heterocycles. The summed E-state index contributed by atoms with van der Waals surface area (Å²) in [4.78, 5) is -1.53. The highest BCUT2D eigenvalue weighted by Crippen LogP contribution is 2.68. The van der Waals surface area contributed by atoms with Gasteiger partial charge in [-0.1, -0.05) is 81.2 Å². The van der Waals surface area contributed by atoms with Gasteiger partial charge in [-0.3, -0.25) is 0 Å². The van der Waals surface area contributed by atoms with E-state index in [1.807, 2.05) is 0 Å². The third-order valence-electron chi connectivity index (χ3n) is 2.37. The molecule has 0 nitrogen and oxygen atoms in total. The van der Waals surface area contributed by atoms with Crippen molar-refractivity contribution in [1.82, 2.24) is 0 Å². The average molecular weight is 380 g/mol. The van der Waals surface area contributed by atoms with Gasteiger partial charge >= 0.3 is 0 Å². The van der Waals surface area contributed by atoms with Gasteiger partial charge in [0.15, 0.2) is 4.33 Å². The van der Waals surface area contributed by atoms with Crippen molar-refractivity contribution in [3.8, 4) is 0 Å². The molecule has 0 radical (unpaired) electrons. The Kier molecular flexibility index (Phi) is 3.50. The fraction of sp³-hybridized carbons (Fsp3) is 0.250. The molecule has 0 spiro atoms. The third-order valence-corrected chi connectivity index (χ3v) is 6.83. The van der Waals surface area contributed by atoms with Gasteiger partial charge in [0.05, 0.1) is 25.2 Å². The molecule has 0 bridgehead atoms. The molecule has 2 rings (SSSR count). The number of hydrogen-bond acceptors (Lipinski definition) is 0. The maximum Gasteiger partial charge on any atom is 0.183 e. The molecule has 0 aromatic heterocycles. The van der Waals surface area contributed by atoms with Crippen molar-refractivity contribution in [2.24, 2.45) is 0 Å². The molecule has 88 valence electrons. The second-order valence-electron chi connectivity index (χ2n) is 3.18. The Bertz CT molecular complexity index is 482. The van der Waals surface area contributed by atoms with E-state index in [2.05, 4.69) is 0 Å². The predicted molar refractivity (Wildman–Crippen MR) is 73.4 cm³/mol. The van der Waals surface area contributed by atoms with Crippen LogP contribution in [-0.4, -0.2) is 9.21 Å². The van der Waals surface area contributed by atoms with E-state index in [0.717, 1.165) is 0 Å². The summed E-state index contributed by atoms with van der Waals surface area (Å²) in [6.45, 7) is 0. The lowest BCUT2D eigenvalue weighted by Gasteiger charge is -2.30. The molecule has 2 aliphatic rings. The molecule has 0 aromatic rings. The highest BCUT2D eigenvalue weighted by molar-refractivity contribution is 6.68. The number of hydrogen-bond donors (Lipinski definition) is 0. The van der Waals surface area contributed by atoms with Gasteiger partial charge in [-0.2, -0.15) is 0 Å². The standard InChI is InChI=1S/C8Cl8/c9-2-1-3(10)6(13)8(15,16)7(1,14)5(12)4(2)11. The fourth-order valence-electron chi connectivity index (χ4n) is 1.56. The minimum absolute atomic E-state index is 0.00892. The molecule has 1 unspecified atom stereocenters. The van der Waals surface area contributed by atoms with Crippen molar-refractivity contribution in [1.29, 1.82) is 0 Å². The van der Waals surface area contributed by atoms with E-state index >= 15 is 0 Å². The van der Waals surface area contributed by atoms with Gasteiger partial charge in [-0.15, -0.1) is 11.6 Å². The lowest BCUT2D eigenvalue weighted by atomic mass is 10.0. The Morgan fingerprint density at radius 2 is 1.12 bits per heavy atom. The van der Waals surface area contributed by atoms with E-state index in [1.165, 1.54) is 0 Å². The largest absolute Gasteiger partial charge is 0.183 e. The number of fused-ring (bicyclic) bond motifs is 1. The Morgan fingerprint density at radius 3 is 1.56 bits per heavy atom. The quantitative estimate of drug-likeness (QED) is 0.450. The van der Waals surface area contributed by atoms with Gasteiger partial charge in [0.2, 0.25) is 0 Å². The lowest BCUT2D eigenvalue weighted by Crippen LogP contribution is -2.38. The van der Waals surface area contributed by atoms with Crippen molar-refractivity contribution in [3.63, 3.8) is 0 Å². The minimum atomic E-state index is -1.70. The molecule has 0 fully saturated rings.